The highest BCUT2D eigenvalue weighted by molar-refractivity contribution is 6.01. The lowest BCUT2D eigenvalue weighted by atomic mass is 9.84. The maximum absolute atomic E-state index is 12.2. The molecule has 92 valence electrons. The van der Waals surface area contributed by atoms with Crippen LogP contribution in [0, 0.1) is 12.8 Å². The maximum atomic E-state index is 12.2. The summed E-state index contributed by atoms with van der Waals surface area (Å²) in [5, 5.41) is 0. The zero-order valence-electron chi connectivity index (χ0n) is 10.5. The van der Waals surface area contributed by atoms with E-state index in [1.165, 1.54) is 32.1 Å². The first-order chi connectivity index (χ1) is 8.16. The lowest BCUT2D eigenvalue weighted by molar-refractivity contribution is 0.0951. The Hall–Kier alpha value is -1.31. The summed E-state index contributed by atoms with van der Waals surface area (Å²) in [5.74, 6) is 0.800. The summed E-state index contributed by atoms with van der Waals surface area (Å²) in [4.78, 5) is 12.2. The van der Waals surface area contributed by atoms with E-state index in [1.807, 2.05) is 25.1 Å². The molecule has 1 aliphatic carbocycles. The summed E-state index contributed by atoms with van der Waals surface area (Å²) in [6.45, 7) is 2.00. The molecule has 1 aliphatic rings. The van der Waals surface area contributed by atoms with Crippen molar-refractivity contribution in [3.05, 3.63) is 29.3 Å². The van der Waals surface area contributed by atoms with Crippen molar-refractivity contribution in [2.24, 2.45) is 5.92 Å². The Labute approximate surface area is 103 Å². The van der Waals surface area contributed by atoms with Crippen molar-refractivity contribution in [2.75, 3.05) is 5.73 Å². The number of Topliss-reactive ketones (excluding diaryl/α,β-unsaturated/α-hetero) is 1. The zero-order valence-corrected chi connectivity index (χ0v) is 10.5. The SMILES string of the molecule is Cc1ccc(N)c(C(=O)CC2CCCCC2)c1. The van der Waals surface area contributed by atoms with Gasteiger partial charge >= 0.3 is 0 Å². The molecule has 0 amide bonds. The van der Waals surface area contributed by atoms with Gasteiger partial charge in [-0.25, -0.2) is 0 Å². The first kappa shape index (κ1) is 12.2. The fraction of sp³-hybridized carbons (Fsp3) is 0.533. The molecule has 0 aromatic heterocycles. The molecule has 2 N–H and O–H groups in total. The van der Waals surface area contributed by atoms with E-state index < -0.39 is 0 Å². The third kappa shape index (κ3) is 3.09. The van der Waals surface area contributed by atoms with Crippen molar-refractivity contribution in [3.63, 3.8) is 0 Å². The molecule has 0 spiro atoms. The van der Waals surface area contributed by atoms with Gasteiger partial charge in [0, 0.05) is 17.7 Å². The van der Waals surface area contributed by atoms with Gasteiger partial charge in [0.1, 0.15) is 0 Å². The Morgan fingerprint density at radius 3 is 2.71 bits per heavy atom. The molecule has 1 fully saturated rings. The highest BCUT2D eigenvalue weighted by Gasteiger charge is 2.19. The van der Waals surface area contributed by atoms with Crippen molar-refractivity contribution >= 4 is 11.5 Å². The Morgan fingerprint density at radius 1 is 1.29 bits per heavy atom. The number of aryl methyl sites for hydroxylation is 1. The molecule has 0 heterocycles. The van der Waals surface area contributed by atoms with Crippen molar-refractivity contribution < 1.29 is 4.79 Å². The van der Waals surface area contributed by atoms with E-state index >= 15 is 0 Å². The van der Waals surface area contributed by atoms with Crippen LogP contribution in [0.3, 0.4) is 0 Å². The minimum Gasteiger partial charge on any atom is -0.398 e. The van der Waals surface area contributed by atoms with E-state index in [2.05, 4.69) is 0 Å². The van der Waals surface area contributed by atoms with E-state index in [9.17, 15) is 4.79 Å². The Morgan fingerprint density at radius 2 is 2.00 bits per heavy atom. The minimum atomic E-state index is 0.220. The molecule has 0 saturated heterocycles. The second kappa shape index (κ2) is 5.35. The number of ketones is 1. The van der Waals surface area contributed by atoms with Gasteiger partial charge < -0.3 is 5.73 Å². The third-order valence-electron chi connectivity index (χ3n) is 3.71. The lowest BCUT2D eigenvalue weighted by Gasteiger charge is -2.21. The van der Waals surface area contributed by atoms with E-state index in [0.29, 0.717) is 18.0 Å². The van der Waals surface area contributed by atoms with E-state index in [1.54, 1.807) is 0 Å². The van der Waals surface area contributed by atoms with Crippen LogP contribution in [0.1, 0.15) is 54.4 Å². The van der Waals surface area contributed by atoms with Crippen LogP contribution in [0.5, 0.6) is 0 Å². The number of rotatable bonds is 3. The first-order valence-electron chi connectivity index (χ1n) is 6.56. The van der Waals surface area contributed by atoms with Gasteiger partial charge in [0.25, 0.3) is 0 Å². The van der Waals surface area contributed by atoms with Crippen LogP contribution >= 0.6 is 0 Å². The summed E-state index contributed by atoms with van der Waals surface area (Å²) in [6, 6.07) is 5.71. The van der Waals surface area contributed by atoms with Crippen molar-refractivity contribution in [1.29, 1.82) is 0 Å². The van der Waals surface area contributed by atoms with Crippen LogP contribution in [0.15, 0.2) is 18.2 Å². The largest absolute Gasteiger partial charge is 0.398 e. The standard InChI is InChI=1S/C15H21NO/c1-11-7-8-14(16)13(9-11)15(17)10-12-5-3-2-4-6-12/h7-9,12H,2-6,10,16H2,1H3. The zero-order chi connectivity index (χ0) is 12.3. The number of benzene rings is 1. The average Bonchev–Trinajstić information content (AvgIpc) is 2.33. The van der Waals surface area contributed by atoms with Crippen LogP contribution in [-0.2, 0) is 0 Å². The van der Waals surface area contributed by atoms with Gasteiger partial charge in [0.2, 0.25) is 0 Å². The van der Waals surface area contributed by atoms with Crippen LogP contribution in [0.2, 0.25) is 0 Å². The Balaban J connectivity index is 2.05. The maximum Gasteiger partial charge on any atom is 0.165 e. The molecule has 0 radical (unpaired) electrons. The summed E-state index contributed by atoms with van der Waals surface area (Å²) >= 11 is 0. The van der Waals surface area contributed by atoms with Crippen LogP contribution in [0.4, 0.5) is 5.69 Å². The molecule has 0 aliphatic heterocycles. The lowest BCUT2D eigenvalue weighted by Crippen LogP contribution is -2.13. The quantitative estimate of drug-likeness (QED) is 0.636. The van der Waals surface area contributed by atoms with Gasteiger partial charge in [-0.3, -0.25) is 4.79 Å². The number of nitrogens with two attached hydrogens (primary N) is 1. The second-order valence-corrected chi connectivity index (χ2v) is 5.22. The first-order valence-corrected chi connectivity index (χ1v) is 6.56. The molecular formula is C15H21NO. The molecule has 1 aromatic rings. The van der Waals surface area contributed by atoms with Gasteiger partial charge in [-0.05, 0) is 25.0 Å². The second-order valence-electron chi connectivity index (χ2n) is 5.22. The molecule has 0 unspecified atom stereocenters. The van der Waals surface area contributed by atoms with Crippen molar-refractivity contribution in [3.8, 4) is 0 Å². The highest BCUT2D eigenvalue weighted by Crippen LogP contribution is 2.28. The number of anilines is 1. The Kier molecular flexibility index (Phi) is 3.82. The van der Waals surface area contributed by atoms with Crippen LogP contribution < -0.4 is 5.73 Å². The normalized spacial score (nSPS) is 17.0. The summed E-state index contributed by atoms with van der Waals surface area (Å²) in [5.41, 5.74) is 8.32. The predicted molar refractivity (Wildman–Crippen MR) is 71.1 cm³/mol. The molecule has 1 saturated carbocycles. The van der Waals surface area contributed by atoms with Gasteiger partial charge in [0.15, 0.2) is 5.78 Å². The summed E-state index contributed by atoms with van der Waals surface area (Å²) < 4.78 is 0. The predicted octanol–water partition coefficient (Wildman–Crippen LogP) is 3.73. The molecule has 17 heavy (non-hydrogen) atoms. The van der Waals surface area contributed by atoms with Gasteiger partial charge in [-0.15, -0.1) is 0 Å². The Bertz CT molecular complexity index is 405. The smallest absolute Gasteiger partial charge is 0.165 e. The third-order valence-corrected chi connectivity index (χ3v) is 3.71. The molecule has 2 nitrogen and oxygen atoms in total. The number of carbonyl (C=O) groups is 1. The molecular weight excluding hydrogens is 210 g/mol. The van der Waals surface area contributed by atoms with Gasteiger partial charge in [-0.2, -0.15) is 0 Å². The van der Waals surface area contributed by atoms with Crippen LogP contribution in [-0.4, -0.2) is 5.78 Å². The highest BCUT2D eigenvalue weighted by atomic mass is 16.1. The molecule has 2 heteroatoms. The summed E-state index contributed by atoms with van der Waals surface area (Å²) in [6.07, 6.45) is 6.97. The number of carbonyl (C=O) groups excluding carboxylic acids is 1. The molecule has 1 aromatic carbocycles. The van der Waals surface area contributed by atoms with E-state index in [4.69, 9.17) is 5.73 Å². The van der Waals surface area contributed by atoms with E-state index in [-0.39, 0.29) is 5.78 Å². The van der Waals surface area contributed by atoms with Gasteiger partial charge in [-0.1, -0.05) is 43.7 Å². The number of nitrogen functional groups attached to an aromatic ring is 1. The van der Waals surface area contributed by atoms with Gasteiger partial charge in [0.05, 0.1) is 0 Å². The monoisotopic (exact) mass is 231 g/mol. The fourth-order valence-corrected chi connectivity index (χ4v) is 2.68. The topological polar surface area (TPSA) is 43.1 Å². The number of hydrogen-bond donors (Lipinski definition) is 1. The summed E-state index contributed by atoms with van der Waals surface area (Å²) in [7, 11) is 0. The number of hydrogen-bond acceptors (Lipinski definition) is 2. The molecule has 0 atom stereocenters. The van der Waals surface area contributed by atoms with Crippen molar-refractivity contribution in [1.82, 2.24) is 0 Å². The minimum absolute atomic E-state index is 0.220. The fourth-order valence-electron chi connectivity index (χ4n) is 2.68. The molecule has 2 rings (SSSR count). The van der Waals surface area contributed by atoms with Crippen LogP contribution in [0.25, 0.3) is 0 Å². The van der Waals surface area contributed by atoms with Crippen molar-refractivity contribution in [2.45, 2.75) is 45.4 Å². The molecule has 0 bridgehead atoms. The average molecular weight is 231 g/mol. The van der Waals surface area contributed by atoms with E-state index in [0.717, 1.165) is 11.1 Å².